The zero-order valence-electron chi connectivity index (χ0n) is 10.8. The molecule has 0 aromatic heterocycles. The maximum Gasteiger partial charge on any atom is 0.267 e. The molecule has 0 saturated heterocycles. The second-order valence-electron chi connectivity index (χ2n) is 4.13. The fraction of sp³-hybridized carbons (Fsp3) is 0.0625. The zero-order chi connectivity index (χ0) is 14.2. The first kappa shape index (κ1) is 14.3. The summed E-state index contributed by atoms with van der Waals surface area (Å²) < 4.78 is 0. The second kappa shape index (κ2) is 7.48. The first-order chi connectivity index (χ1) is 9.74. The van der Waals surface area contributed by atoms with Crippen LogP contribution in [0.2, 0.25) is 5.02 Å². The van der Waals surface area contributed by atoms with E-state index in [1.54, 1.807) is 18.2 Å². The number of rotatable bonds is 5. The summed E-state index contributed by atoms with van der Waals surface area (Å²) in [4.78, 5) is 16.7. The lowest BCUT2D eigenvalue weighted by molar-refractivity contribution is -0.129. The Morgan fingerprint density at radius 2 is 1.95 bits per heavy atom. The van der Waals surface area contributed by atoms with E-state index in [0.717, 1.165) is 11.1 Å². The Bertz CT molecular complexity index is 596. The first-order valence-electron chi connectivity index (χ1n) is 6.13. The number of hydrogen-bond acceptors (Lipinski definition) is 2. The van der Waals surface area contributed by atoms with Gasteiger partial charge in [-0.1, -0.05) is 54.1 Å². The molecule has 0 aliphatic rings. The number of amides is 1. The van der Waals surface area contributed by atoms with Crippen molar-refractivity contribution < 1.29 is 9.63 Å². The maximum absolute atomic E-state index is 11.5. The number of carbonyl (C=O) groups is 1. The number of nitrogens with one attached hydrogen (secondary N) is 1. The summed E-state index contributed by atoms with van der Waals surface area (Å²) in [6, 6.07) is 16.8. The van der Waals surface area contributed by atoms with E-state index in [1.165, 1.54) is 6.08 Å². The number of hydrogen-bond donors (Lipinski definition) is 1. The summed E-state index contributed by atoms with van der Waals surface area (Å²) in [7, 11) is 0. The number of benzene rings is 2. The maximum atomic E-state index is 11.5. The molecule has 0 bridgehead atoms. The van der Waals surface area contributed by atoms with Crippen LogP contribution in [-0.4, -0.2) is 5.91 Å². The van der Waals surface area contributed by atoms with Crippen LogP contribution in [0.5, 0.6) is 0 Å². The highest BCUT2D eigenvalue weighted by Gasteiger charge is 1.96. The molecule has 1 amide bonds. The van der Waals surface area contributed by atoms with Crippen molar-refractivity contribution in [1.82, 2.24) is 5.48 Å². The monoisotopic (exact) mass is 287 g/mol. The Balaban J connectivity index is 1.78. The molecule has 0 unspecified atom stereocenters. The Morgan fingerprint density at radius 3 is 2.70 bits per heavy atom. The van der Waals surface area contributed by atoms with Gasteiger partial charge in [0.1, 0.15) is 0 Å². The summed E-state index contributed by atoms with van der Waals surface area (Å²) in [6.07, 6.45) is 3.07. The molecule has 0 fully saturated rings. The van der Waals surface area contributed by atoms with Crippen LogP contribution in [-0.2, 0) is 16.2 Å². The molecule has 20 heavy (non-hydrogen) atoms. The first-order valence-corrected chi connectivity index (χ1v) is 6.51. The zero-order valence-corrected chi connectivity index (χ0v) is 11.5. The molecule has 0 spiro atoms. The van der Waals surface area contributed by atoms with Crippen LogP contribution >= 0.6 is 11.6 Å². The normalized spacial score (nSPS) is 10.7. The molecule has 0 radical (unpaired) electrons. The average molecular weight is 288 g/mol. The molecule has 0 aliphatic carbocycles. The van der Waals surface area contributed by atoms with Crippen molar-refractivity contribution in [2.45, 2.75) is 6.61 Å². The van der Waals surface area contributed by atoms with E-state index in [2.05, 4.69) is 5.48 Å². The Hall–Kier alpha value is -2.10. The fourth-order valence-corrected chi connectivity index (χ4v) is 1.78. The van der Waals surface area contributed by atoms with Gasteiger partial charge in [0.05, 0.1) is 6.61 Å². The molecule has 2 aromatic rings. The van der Waals surface area contributed by atoms with E-state index in [4.69, 9.17) is 16.4 Å². The smallest absolute Gasteiger partial charge is 0.267 e. The van der Waals surface area contributed by atoms with Crippen LogP contribution in [0, 0.1) is 0 Å². The lowest BCUT2D eigenvalue weighted by Gasteiger charge is -2.03. The molecule has 0 atom stereocenters. The highest BCUT2D eigenvalue weighted by Crippen LogP contribution is 2.11. The van der Waals surface area contributed by atoms with Crippen molar-refractivity contribution in [3.8, 4) is 0 Å². The van der Waals surface area contributed by atoms with Crippen LogP contribution in [0.1, 0.15) is 11.1 Å². The number of hydroxylamine groups is 1. The van der Waals surface area contributed by atoms with Crippen molar-refractivity contribution in [2.24, 2.45) is 0 Å². The molecular weight excluding hydrogens is 274 g/mol. The fourth-order valence-electron chi connectivity index (χ4n) is 1.58. The predicted molar refractivity (Wildman–Crippen MR) is 79.9 cm³/mol. The van der Waals surface area contributed by atoms with Crippen molar-refractivity contribution in [3.63, 3.8) is 0 Å². The Kier molecular flexibility index (Phi) is 5.35. The van der Waals surface area contributed by atoms with Crippen LogP contribution < -0.4 is 5.48 Å². The van der Waals surface area contributed by atoms with E-state index in [-0.39, 0.29) is 5.91 Å². The van der Waals surface area contributed by atoms with Gasteiger partial charge in [-0.15, -0.1) is 0 Å². The van der Waals surface area contributed by atoms with Gasteiger partial charge < -0.3 is 0 Å². The molecule has 1 N–H and O–H groups in total. The molecule has 0 heterocycles. The molecule has 4 heteroatoms. The molecule has 2 rings (SSSR count). The quantitative estimate of drug-likeness (QED) is 0.674. The summed E-state index contributed by atoms with van der Waals surface area (Å²) in [6.45, 7) is 0.331. The third-order valence-corrected chi connectivity index (χ3v) is 2.77. The van der Waals surface area contributed by atoms with Crippen molar-refractivity contribution in [3.05, 3.63) is 76.8 Å². The molecular formula is C16H14ClNO2. The molecule has 2 aromatic carbocycles. The van der Waals surface area contributed by atoms with Gasteiger partial charge in [0, 0.05) is 11.1 Å². The minimum Gasteiger partial charge on any atom is -0.269 e. The highest BCUT2D eigenvalue weighted by atomic mass is 35.5. The highest BCUT2D eigenvalue weighted by molar-refractivity contribution is 6.30. The van der Waals surface area contributed by atoms with Crippen molar-refractivity contribution >= 4 is 23.6 Å². The van der Waals surface area contributed by atoms with Crippen molar-refractivity contribution in [2.75, 3.05) is 0 Å². The van der Waals surface area contributed by atoms with Crippen molar-refractivity contribution in [1.29, 1.82) is 0 Å². The second-order valence-corrected chi connectivity index (χ2v) is 4.57. The lowest BCUT2D eigenvalue weighted by atomic mass is 10.2. The SMILES string of the molecule is O=C(/C=C/c1cccc(Cl)c1)NOCc1ccccc1. The van der Waals surface area contributed by atoms with E-state index in [9.17, 15) is 4.79 Å². The Morgan fingerprint density at radius 1 is 1.15 bits per heavy atom. The van der Waals surface area contributed by atoms with Gasteiger partial charge in [-0.25, -0.2) is 5.48 Å². The predicted octanol–water partition coefficient (Wildman–Crippen LogP) is 3.60. The average Bonchev–Trinajstić information content (AvgIpc) is 2.46. The molecule has 0 saturated carbocycles. The van der Waals surface area contributed by atoms with Crippen LogP contribution in [0.4, 0.5) is 0 Å². The van der Waals surface area contributed by atoms with Gasteiger partial charge >= 0.3 is 0 Å². The number of halogens is 1. The molecule has 0 aliphatic heterocycles. The van der Waals surface area contributed by atoms with E-state index in [1.807, 2.05) is 42.5 Å². The minimum atomic E-state index is -0.319. The van der Waals surface area contributed by atoms with E-state index in [0.29, 0.717) is 11.6 Å². The summed E-state index contributed by atoms with van der Waals surface area (Å²) in [5, 5.41) is 0.632. The van der Waals surface area contributed by atoms with E-state index < -0.39 is 0 Å². The Labute approximate surface area is 122 Å². The van der Waals surface area contributed by atoms with Gasteiger partial charge in [-0.3, -0.25) is 9.63 Å². The lowest BCUT2D eigenvalue weighted by Crippen LogP contribution is -2.21. The third kappa shape index (κ3) is 4.88. The van der Waals surface area contributed by atoms with Gasteiger partial charge in [0.15, 0.2) is 0 Å². The molecule has 3 nitrogen and oxygen atoms in total. The summed E-state index contributed by atoms with van der Waals surface area (Å²) in [5.41, 5.74) is 4.21. The number of carbonyl (C=O) groups excluding carboxylic acids is 1. The van der Waals surface area contributed by atoms with Gasteiger partial charge in [0.25, 0.3) is 5.91 Å². The summed E-state index contributed by atoms with van der Waals surface area (Å²) >= 11 is 5.85. The summed E-state index contributed by atoms with van der Waals surface area (Å²) in [5.74, 6) is -0.319. The van der Waals surface area contributed by atoms with Crippen LogP contribution in [0.25, 0.3) is 6.08 Å². The van der Waals surface area contributed by atoms with Crippen LogP contribution in [0.15, 0.2) is 60.7 Å². The molecule has 102 valence electrons. The van der Waals surface area contributed by atoms with Crippen LogP contribution in [0.3, 0.4) is 0 Å². The van der Waals surface area contributed by atoms with Gasteiger partial charge in [0.2, 0.25) is 0 Å². The van der Waals surface area contributed by atoms with Gasteiger partial charge in [-0.05, 0) is 29.3 Å². The van der Waals surface area contributed by atoms with Gasteiger partial charge in [-0.2, -0.15) is 0 Å². The third-order valence-electron chi connectivity index (χ3n) is 2.53. The largest absolute Gasteiger partial charge is 0.269 e. The standard InChI is InChI=1S/C16H14ClNO2/c17-15-8-4-7-13(11-15)9-10-16(19)18-20-12-14-5-2-1-3-6-14/h1-11H,12H2,(H,18,19)/b10-9+. The van der Waals surface area contributed by atoms with E-state index >= 15 is 0 Å². The topological polar surface area (TPSA) is 38.3 Å². The minimum absolute atomic E-state index is 0.319.